The molecule has 0 unspecified atom stereocenters. The number of morpholine rings is 1. The second-order valence-electron chi connectivity index (χ2n) is 4.95. The summed E-state index contributed by atoms with van der Waals surface area (Å²) in [4.78, 5) is 1.14. The molecule has 0 amide bonds. The molecule has 1 aliphatic rings. The van der Waals surface area contributed by atoms with Gasteiger partial charge in [0.05, 0.1) is 18.1 Å². The largest absolute Gasteiger partial charge is 0.501 e. The number of sulfone groups is 1. The normalized spacial score (nSPS) is 16.2. The Morgan fingerprint density at radius 1 is 1.16 bits per heavy atom. The highest BCUT2D eigenvalue weighted by Gasteiger charge is 2.48. The van der Waals surface area contributed by atoms with E-state index in [1.54, 1.807) is 0 Å². The third-order valence-corrected chi connectivity index (χ3v) is 7.10. The molecule has 0 spiro atoms. The van der Waals surface area contributed by atoms with Crippen molar-refractivity contribution in [3.63, 3.8) is 0 Å². The van der Waals surface area contributed by atoms with E-state index in [9.17, 15) is 21.6 Å². The van der Waals surface area contributed by atoms with E-state index in [1.807, 2.05) is 4.90 Å². The number of anilines is 1. The summed E-state index contributed by atoms with van der Waals surface area (Å²) in [6, 6.07) is 4.98. The number of alkyl halides is 3. The Labute approximate surface area is 149 Å². The molecule has 0 bridgehead atoms. The lowest BCUT2D eigenvalue weighted by Gasteiger charge is -2.25. The van der Waals surface area contributed by atoms with Gasteiger partial charge in [0.15, 0.2) is 4.34 Å². The Balaban J connectivity index is 1.86. The fourth-order valence-corrected chi connectivity index (χ4v) is 5.27. The summed E-state index contributed by atoms with van der Waals surface area (Å²) in [6.45, 7) is 2.43. The van der Waals surface area contributed by atoms with E-state index in [0.717, 1.165) is 17.8 Å². The first-order chi connectivity index (χ1) is 11.8. The third kappa shape index (κ3) is 3.91. The number of benzene rings is 1. The van der Waals surface area contributed by atoms with Gasteiger partial charge in [-0.05, 0) is 12.1 Å². The van der Waals surface area contributed by atoms with Crippen LogP contribution in [0.2, 0.25) is 0 Å². The van der Waals surface area contributed by atoms with E-state index in [1.165, 1.54) is 29.5 Å². The van der Waals surface area contributed by atoms with Crippen LogP contribution >= 0.6 is 23.1 Å². The molecule has 1 fully saturated rings. The van der Waals surface area contributed by atoms with Crippen molar-refractivity contribution >= 4 is 38.1 Å². The van der Waals surface area contributed by atoms with Crippen molar-refractivity contribution < 1.29 is 26.3 Å². The molecule has 3 rings (SSSR count). The first kappa shape index (κ1) is 18.4. The first-order valence-electron chi connectivity index (χ1n) is 7.03. The Bertz CT molecular complexity index is 849. The van der Waals surface area contributed by atoms with Crippen LogP contribution in [0.4, 0.5) is 18.3 Å². The number of nitrogens with zero attached hydrogens (tertiary/aromatic N) is 3. The number of rotatable bonds is 4. The molecule has 2 aromatic rings. The van der Waals surface area contributed by atoms with Crippen LogP contribution in [-0.2, 0) is 14.6 Å². The Kier molecular flexibility index (Phi) is 5.23. The van der Waals surface area contributed by atoms with Gasteiger partial charge in [-0.15, -0.1) is 10.2 Å². The minimum atomic E-state index is -5.43. The summed E-state index contributed by atoms with van der Waals surface area (Å²) in [6.07, 6.45) is 0. The van der Waals surface area contributed by atoms with E-state index >= 15 is 0 Å². The molecule has 1 aromatic carbocycles. The van der Waals surface area contributed by atoms with E-state index in [2.05, 4.69) is 10.2 Å². The van der Waals surface area contributed by atoms with E-state index in [0.29, 0.717) is 35.8 Å². The van der Waals surface area contributed by atoms with E-state index < -0.39 is 20.2 Å². The molecule has 1 aliphatic heterocycles. The fourth-order valence-electron chi connectivity index (χ4n) is 2.10. The zero-order valence-corrected chi connectivity index (χ0v) is 15.0. The quantitative estimate of drug-likeness (QED) is 0.766. The molecule has 6 nitrogen and oxygen atoms in total. The molecule has 25 heavy (non-hydrogen) atoms. The number of hydrogen-bond acceptors (Lipinski definition) is 8. The second-order valence-corrected chi connectivity index (χ2v) is 9.10. The van der Waals surface area contributed by atoms with Crippen LogP contribution in [0.1, 0.15) is 0 Å². The molecule has 0 N–H and O–H groups in total. The van der Waals surface area contributed by atoms with Gasteiger partial charge < -0.3 is 9.64 Å². The summed E-state index contributed by atoms with van der Waals surface area (Å²) in [7, 11) is -5.43. The van der Waals surface area contributed by atoms with Crippen LogP contribution in [0.5, 0.6) is 0 Å². The summed E-state index contributed by atoms with van der Waals surface area (Å²) in [5.41, 5.74) is -5.36. The van der Waals surface area contributed by atoms with Gasteiger partial charge in [0, 0.05) is 18.0 Å². The highest BCUT2D eigenvalue weighted by molar-refractivity contribution is 8.02. The number of aromatic nitrogens is 2. The average molecular weight is 411 g/mol. The van der Waals surface area contributed by atoms with Gasteiger partial charge >= 0.3 is 5.51 Å². The predicted molar refractivity (Wildman–Crippen MR) is 86.7 cm³/mol. The maximum atomic E-state index is 12.8. The highest BCUT2D eigenvalue weighted by atomic mass is 32.2. The Morgan fingerprint density at radius 2 is 1.84 bits per heavy atom. The molecule has 0 saturated carbocycles. The molecular weight excluding hydrogens is 399 g/mol. The van der Waals surface area contributed by atoms with E-state index in [4.69, 9.17) is 4.74 Å². The van der Waals surface area contributed by atoms with E-state index in [-0.39, 0.29) is 4.90 Å². The third-order valence-electron chi connectivity index (χ3n) is 3.32. The monoisotopic (exact) mass is 411 g/mol. The predicted octanol–water partition coefficient (Wildman–Crippen LogP) is 2.82. The first-order valence-corrected chi connectivity index (χ1v) is 10.1. The standard InChI is InChI=1S/C13H12F3N3O3S3/c14-13(15,16)25(20,21)10-4-2-1-3-9(10)23-12-18-17-11(24-12)19-5-7-22-8-6-19/h1-4H,5-8H2. The lowest BCUT2D eigenvalue weighted by atomic mass is 10.4. The Morgan fingerprint density at radius 3 is 2.52 bits per heavy atom. The summed E-state index contributed by atoms with van der Waals surface area (Å²) >= 11 is 2.05. The van der Waals surface area contributed by atoms with Gasteiger partial charge in [0.1, 0.15) is 0 Å². The van der Waals surface area contributed by atoms with Crippen LogP contribution in [-0.4, -0.2) is 50.4 Å². The SMILES string of the molecule is O=S(=O)(c1ccccc1Sc1nnc(N2CCOCC2)s1)C(F)(F)F. The zero-order valence-electron chi connectivity index (χ0n) is 12.6. The van der Waals surface area contributed by atoms with Crippen molar-refractivity contribution in [1.29, 1.82) is 0 Å². The van der Waals surface area contributed by atoms with Gasteiger partial charge in [0.2, 0.25) is 5.13 Å². The van der Waals surface area contributed by atoms with Crippen molar-refractivity contribution in [1.82, 2.24) is 10.2 Å². The Hall–Kier alpha value is -1.37. The molecule has 0 aliphatic carbocycles. The maximum absolute atomic E-state index is 12.8. The average Bonchev–Trinajstić information content (AvgIpc) is 3.03. The topological polar surface area (TPSA) is 72.4 Å². The molecule has 1 aromatic heterocycles. The van der Waals surface area contributed by atoms with Crippen molar-refractivity contribution in [2.75, 3.05) is 31.2 Å². The molecular formula is C13H12F3N3O3S3. The molecule has 0 radical (unpaired) electrons. The van der Waals surface area contributed by atoms with Crippen molar-refractivity contribution in [3.8, 4) is 0 Å². The van der Waals surface area contributed by atoms with Gasteiger partial charge in [0.25, 0.3) is 9.84 Å². The molecule has 12 heteroatoms. The van der Waals surface area contributed by atoms with Crippen LogP contribution in [0.15, 0.2) is 38.4 Å². The number of halogens is 3. The summed E-state index contributed by atoms with van der Waals surface area (Å²) in [5, 5.41) is 8.59. The molecule has 1 saturated heterocycles. The van der Waals surface area contributed by atoms with Gasteiger partial charge in [-0.2, -0.15) is 13.2 Å². The van der Waals surface area contributed by atoms with Crippen molar-refractivity contribution in [3.05, 3.63) is 24.3 Å². The molecule has 0 atom stereocenters. The number of ether oxygens (including phenoxy) is 1. The van der Waals surface area contributed by atoms with Crippen molar-refractivity contribution in [2.45, 2.75) is 19.6 Å². The highest BCUT2D eigenvalue weighted by Crippen LogP contribution is 2.40. The fraction of sp³-hybridized carbons (Fsp3) is 0.385. The second kappa shape index (κ2) is 7.09. The minimum Gasteiger partial charge on any atom is -0.378 e. The van der Waals surface area contributed by atoms with Crippen molar-refractivity contribution in [2.24, 2.45) is 0 Å². The van der Waals surface area contributed by atoms with Gasteiger partial charge in [-0.3, -0.25) is 0 Å². The lowest BCUT2D eigenvalue weighted by Crippen LogP contribution is -2.36. The van der Waals surface area contributed by atoms with Crippen LogP contribution in [0.25, 0.3) is 0 Å². The summed E-state index contributed by atoms with van der Waals surface area (Å²) in [5.74, 6) is 0. The summed E-state index contributed by atoms with van der Waals surface area (Å²) < 4.78 is 67.6. The van der Waals surface area contributed by atoms with Crippen LogP contribution in [0, 0.1) is 0 Å². The smallest absolute Gasteiger partial charge is 0.378 e. The maximum Gasteiger partial charge on any atom is 0.501 e. The molecule has 136 valence electrons. The molecule has 2 heterocycles. The van der Waals surface area contributed by atoms with Gasteiger partial charge in [-0.25, -0.2) is 8.42 Å². The lowest BCUT2D eigenvalue weighted by molar-refractivity contribution is -0.0437. The van der Waals surface area contributed by atoms with Crippen LogP contribution < -0.4 is 4.90 Å². The zero-order chi connectivity index (χ0) is 18.1. The van der Waals surface area contributed by atoms with Crippen LogP contribution in [0.3, 0.4) is 0 Å². The number of hydrogen-bond donors (Lipinski definition) is 0. The minimum absolute atomic E-state index is 0.0375. The van der Waals surface area contributed by atoms with Gasteiger partial charge in [-0.1, -0.05) is 35.2 Å².